The molecule has 1 aromatic rings. The molecule has 1 aromatic carbocycles. The van der Waals surface area contributed by atoms with Gasteiger partial charge in [-0.25, -0.2) is 4.39 Å². The van der Waals surface area contributed by atoms with Crippen LogP contribution in [-0.2, 0) is 11.4 Å². The molecule has 5 heteroatoms. The zero-order chi connectivity index (χ0) is 14.5. The molecule has 2 rings (SSSR count). The van der Waals surface area contributed by atoms with E-state index in [4.69, 9.17) is 9.84 Å². The van der Waals surface area contributed by atoms with Crippen LogP contribution in [0.15, 0.2) is 18.2 Å². The topological polar surface area (TPSA) is 49.8 Å². The van der Waals surface area contributed by atoms with Gasteiger partial charge in [0, 0.05) is 19.2 Å². The molecule has 4 nitrogen and oxygen atoms in total. The summed E-state index contributed by atoms with van der Waals surface area (Å²) in [6.07, 6.45) is 2.55. The van der Waals surface area contributed by atoms with Crippen LogP contribution < -0.4 is 4.74 Å². The standard InChI is InChI=1S/C15H20FNO3/c1-11(15(19)17-5-3-2-4-6-17)20-14-8-12(10-18)7-13(16)9-14/h7-9,11,18H,2-6,10H2,1H3. The molecule has 110 valence electrons. The molecule has 0 bridgehead atoms. The first-order valence-electron chi connectivity index (χ1n) is 6.96. The van der Waals surface area contributed by atoms with Gasteiger partial charge in [-0.1, -0.05) is 0 Å². The minimum Gasteiger partial charge on any atom is -0.481 e. The normalized spacial score (nSPS) is 16.9. The molecule has 1 aliphatic rings. The Balaban J connectivity index is 2.01. The minimum atomic E-state index is -0.651. The fraction of sp³-hybridized carbons (Fsp3) is 0.533. The highest BCUT2D eigenvalue weighted by Crippen LogP contribution is 2.19. The van der Waals surface area contributed by atoms with E-state index in [1.54, 1.807) is 17.9 Å². The summed E-state index contributed by atoms with van der Waals surface area (Å²) in [4.78, 5) is 14.0. The maximum atomic E-state index is 13.3. The van der Waals surface area contributed by atoms with Gasteiger partial charge < -0.3 is 14.7 Å². The number of nitrogens with zero attached hydrogens (tertiary/aromatic N) is 1. The number of piperidine rings is 1. The number of benzene rings is 1. The summed E-state index contributed by atoms with van der Waals surface area (Å²) in [7, 11) is 0. The summed E-state index contributed by atoms with van der Waals surface area (Å²) in [6, 6.07) is 4.01. The van der Waals surface area contributed by atoms with E-state index in [1.807, 2.05) is 0 Å². The second-order valence-electron chi connectivity index (χ2n) is 5.10. The van der Waals surface area contributed by atoms with Gasteiger partial charge in [0.2, 0.25) is 0 Å². The SMILES string of the molecule is CC(Oc1cc(F)cc(CO)c1)C(=O)N1CCCCC1. The minimum absolute atomic E-state index is 0.0699. The fourth-order valence-electron chi connectivity index (χ4n) is 2.41. The molecule has 1 heterocycles. The van der Waals surface area contributed by atoms with Crippen molar-refractivity contribution in [2.45, 2.75) is 38.9 Å². The second-order valence-corrected chi connectivity index (χ2v) is 5.10. The Morgan fingerprint density at radius 1 is 1.35 bits per heavy atom. The number of amides is 1. The van der Waals surface area contributed by atoms with Crippen molar-refractivity contribution in [2.75, 3.05) is 13.1 Å². The van der Waals surface area contributed by atoms with E-state index in [2.05, 4.69) is 0 Å². The van der Waals surface area contributed by atoms with Gasteiger partial charge in [-0.15, -0.1) is 0 Å². The Labute approximate surface area is 118 Å². The summed E-state index contributed by atoms with van der Waals surface area (Å²) >= 11 is 0. The van der Waals surface area contributed by atoms with E-state index in [-0.39, 0.29) is 18.3 Å². The van der Waals surface area contributed by atoms with Gasteiger partial charge in [0.25, 0.3) is 5.91 Å². The molecule has 20 heavy (non-hydrogen) atoms. The predicted octanol–water partition coefficient (Wildman–Crippen LogP) is 2.10. The lowest BCUT2D eigenvalue weighted by molar-refractivity contribution is -0.138. The van der Waals surface area contributed by atoms with E-state index < -0.39 is 11.9 Å². The third-order valence-electron chi connectivity index (χ3n) is 3.44. The first kappa shape index (κ1) is 14.8. The number of likely N-dealkylation sites (tertiary alicyclic amines) is 1. The number of hydrogen-bond donors (Lipinski definition) is 1. The van der Waals surface area contributed by atoms with Crippen LogP contribution in [0.25, 0.3) is 0 Å². The van der Waals surface area contributed by atoms with Crippen molar-refractivity contribution in [1.29, 1.82) is 0 Å². The van der Waals surface area contributed by atoms with Gasteiger partial charge in [-0.3, -0.25) is 4.79 Å². The van der Waals surface area contributed by atoms with E-state index in [1.165, 1.54) is 12.1 Å². The Morgan fingerprint density at radius 3 is 2.70 bits per heavy atom. The lowest BCUT2D eigenvalue weighted by atomic mass is 10.1. The molecule has 1 fully saturated rings. The molecule has 1 saturated heterocycles. The van der Waals surface area contributed by atoms with Gasteiger partial charge in [0.15, 0.2) is 6.10 Å². The van der Waals surface area contributed by atoms with Crippen LogP contribution in [0.1, 0.15) is 31.7 Å². The third kappa shape index (κ3) is 3.70. The van der Waals surface area contributed by atoms with Crippen LogP contribution in [0.3, 0.4) is 0 Å². The molecule has 1 N–H and O–H groups in total. The summed E-state index contributed by atoms with van der Waals surface area (Å²) in [6.45, 7) is 2.93. The average molecular weight is 281 g/mol. The molecule has 0 radical (unpaired) electrons. The van der Waals surface area contributed by atoms with Crippen molar-refractivity contribution in [1.82, 2.24) is 4.90 Å². The van der Waals surface area contributed by atoms with E-state index in [9.17, 15) is 9.18 Å². The molecular weight excluding hydrogens is 261 g/mol. The Kier molecular flexibility index (Phi) is 4.95. The van der Waals surface area contributed by atoms with Gasteiger partial charge >= 0.3 is 0 Å². The quantitative estimate of drug-likeness (QED) is 0.919. The van der Waals surface area contributed by atoms with Crippen LogP contribution >= 0.6 is 0 Å². The highest BCUT2D eigenvalue weighted by molar-refractivity contribution is 5.81. The summed E-state index contributed by atoms with van der Waals surface area (Å²) in [5, 5.41) is 9.04. The summed E-state index contributed by atoms with van der Waals surface area (Å²) < 4.78 is 18.8. The van der Waals surface area contributed by atoms with Crippen molar-refractivity contribution >= 4 is 5.91 Å². The van der Waals surface area contributed by atoms with Crippen LogP contribution in [0.5, 0.6) is 5.75 Å². The molecular formula is C15H20FNO3. The highest BCUT2D eigenvalue weighted by atomic mass is 19.1. The number of halogens is 1. The van der Waals surface area contributed by atoms with Crippen molar-refractivity contribution in [3.05, 3.63) is 29.6 Å². The number of rotatable bonds is 4. The number of hydrogen-bond acceptors (Lipinski definition) is 3. The Hall–Kier alpha value is -1.62. The van der Waals surface area contributed by atoms with Gasteiger partial charge in [-0.2, -0.15) is 0 Å². The van der Waals surface area contributed by atoms with E-state index in [0.717, 1.165) is 32.4 Å². The maximum absolute atomic E-state index is 13.3. The summed E-state index contributed by atoms with van der Waals surface area (Å²) in [5.74, 6) is -0.282. The molecule has 0 aliphatic carbocycles. The lowest BCUT2D eigenvalue weighted by Crippen LogP contribution is -2.43. The van der Waals surface area contributed by atoms with Crippen LogP contribution in [0.4, 0.5) is 4.39 Å². The Bertz CT molecular complexity index is 472. The van der Waals surface area contributed by atoms with Gasteiger partial charge in [0.05, 0.1) is 6.61 Å². The highest BCUT2D eigenvalue weighted by Gasteiger charge is 2.23. The second kappa shape index (κ2) is 6.70. The predicted molar refractivity (Wildman–Crippen MR) is 72.8 cm³/mol. The first-order chi connectivity index (χ1) is 9.60. The molecule has 1 unspecified atom stereocenters. The van der Waals surface area contributed by atoms with Gasteiger partial charge in [0.1, 0.15) is 11.6 Å². The van der Waals surface area contributed by atoms with Crippen LogP contribution in [0, 0.1) is 5.82 Å². The van der Waals surface area contributed by atoms with Crippen LogP contribution in [0.2, 0.25) is 0 Å². The molecule has 1 amide bonds. The number of aliphatic hydroxyl groups excluding tert-OH is 1. The fourth-order valence-corrected chi connectivity index (χ4v) is 2.41. The zero-order valence-corrected chi connectivity index (χ0v) is 11.6. The number of aliphatic hydroxyl groups is 1. The van der Waals surface area contributed by atoms with Crippen molar-refractivity contribution < 1.29 is 19.0 Å². The van der Waals surface area contributed by atoms with E-state index >= 15 is 0 Å². The molecule has 1 aliphatic heterocycles. The van der Waals surface area contributed by atoms with Crippen molar-refractivity contribution in [3.8, 4) is 5.75 Å². The average Bonchev–Trinajstić information content (AvgIpc) is 2.46. The first-order valence-corrected chi connectivity index (χ1v) is 6.96. The molecule has 0 saturated carbocycles. The largest absolute Gasteiger partial charge is 0.481 e. The summed E-state index contributed by atoms with van der Waals surface area (Å²) in [5.41, 5.74) is 0.428. The Morgan fingerprint density at radius 2 is 2.05 bits per heavy atom. The number of carbonyl (C=O) groups excluding carboxylic acids is 1. The lowest BCUT2D eigenvalue weighted by Gasteiger charge is -2.29. The number of ether oxygens (including phenoxy) is 1. The van der Waals surface area contributed by atoms with E-state index in [0.29, 0.717) is 5.56 Å². The van der Waals surface area contributed by atoms with Crippen molar-refractivity contribution in [3.63, 3.8) is 0 Å². The van der Waals surface area contributed by atoms with Crippen LogP contribution in [-0.4, -0.2) is 35.1 Å². The maximum Gasteiger partial charge on any atom is 0.263 e. The third-order valence-corrected chi connectivity index (χ3v) is 3.44. The number of carbonyl (C=O) groups is 1. The monoisotopic (exact) mass is 281 g/mol. The zero-order valence-electron chi connectivity index (χ0n) is 11.6. The van der Waals surface area contributed by atoms with Gasteiger partial charge in [-0.05, 0) is 43.9 Å². The smallest absolute Gasteiger partial charge is 0.263 e. The molecule has 1 atom stereocenters. The molecule has 0 spiro atoms. The van der Waals surface area contributed by atoms with Crippen molar-refractivity contribution in [2.24, 2.45) is 0 Å². The molecule has 0 aromatic heterocycles.